The van der Waals surface area contributed by atoms with Crippen LogP contribution in [0.2, 0.25) is 0 Å². The number of nitrogens with zero attached hydrogens (tertiary/aromatic N) is 2. The second-order valence-electron chi connectivity index (χ2n) is 4.97. The SMILES string of the molecule is CCNC(=S)N/N=C(\C)c1ccc(O)c(CN(CC)CC)c1. The Morgan fingerprint density at radius 3 is 2.55 bits per heavy atom. The smallest absolute Gasteiger partial charge is 0.186 e. The van der Waals surface area contributed by atoms with Gasteiger partial charge in [-0.05, 0) is 62.9 Å². The first-order chi connectivity index (χ1) is 10.5. The van der Waals surface area contributed by atoms with Crippen LogP contribution >= 0.6 is 12.2 Å². The predicted octanol–water partition coefficient (Wildman–Crippen LogP) is 2.44. The third kappa shape index (κ3) is 5.61. The van der Waals surface area contributed by atoms with Crippen molar-refractivity contribution in [3.05, 3.63) is 29.3 Å². The number of nitrogens with one attached hydrogen (secondary N) is 2. The number of hydrazone groups is 1. The van der Waals surface area contributed by atoms with Crippen LogP contribution in [0.5, 0.6) is 5.75 Å². The lowest BCUT2D eigenvalue weighted by molar-refractivity contribution is 0.291. The zero-order valence-corrected chi connectivity index (χ0v) is 14.6. The molecular weight excluding hydrogens is 296 g/mol. The van der Waals surface area contributed by atoms with Gasteiger partial charge in [0.2, 0.25) is 0 Å². The molecule has 0 aliphatic rings. The van der Waals surface area contributed by atoms with Crippen molar-refractivity contribution in [3.8, 4) is 5.75 Å². The molecule has 0 aromatic heterocycles. The van der Waals surface area contributed by atoms with Gasteiger partial charge < -0.3 is 10.4 Å². The van der Waals surface area contributed by atoms with E-state index in [0.717, 1.165) is 43.0 Å². The lowest BCUT2D eigenvalue weighted by Crippen LogP contribution is -2.32. The highest BCUT2D eigenvalue weighted by Crippen LogP contribution is 2.20. The monoisotopic (exact) mass is 322 g/mol. The first-order valence-electron chi connectivity index (χ1n) is 7.64. The van der Waals surface area contributed by atoms with E-state index in [1.807, 2.05) is 26.0 Å². The van der Waals surface area contributed by atoms with E-state index in [9.17, 15) is 5.11 Å². The maximum Gasteiger partial charge on any atom is 0.186 e. The molecule has 122 valence electrons. The molecule has 0 bridgehead atoms. The van der Waals surface area contributed by atoms with Gasteiger partial charge in [-0.1, -0.05) is 13.8 Å². The minimum absolute atomic E-state index is 0.319. The minimum Gasteiger partial charge on any atom is -0.508 e. The first-order valence-corrected chi connectivity index (χ1v) is 8.05. The van der Waals surface area contributed by atoms with E-state index in [2.05, 4.69) is 34.6 Å². The quantitative estimate of drug-likeness (QED) is 0.409. The fraction of sp³-hybridized carbons (Fsp3) is 0.500. The van der Waals surface area contributed by atoms with Crippen molar-refractivity contribution in [1.29, 1.82) is 0 Å². The number of rotatable bonds is 7. The van der Waals surface area contributed by atoms with Gasteiger partial charge in [0.1, 0.15) is 5.75 Å². The van der Waals surface area contributed by atoms with Gasteiger partial charge in [-0.25, -0.2) is 0 Å². The van der Waals surface area contributed by atoms with Crippen molar-refractivity contribution in [2.75, 3.05) is 19.6 Å². The zero-order chi connectivity index (χ0) is 16.5. The topological polar surface area (TPSA) is 59.9 Å². The standard InChI is InChI=1S/C16H26N4OS/c1-5-17-16(22)19-18-12(4)13-8-9-15(21)14(10-13)11-20(6-2)7-3/h8-10,21H,5-7,11H2,1-4H3,(H2,17,19,22)/b18-12+. The largest absolute Gasteiger partial charge is 0.508 e. The Hall–Kier alpha value is -1.66. The lowest BCUT2D eigenvalue weighted by Gasteiger charge is -2.19. The number of aromatic hydroxyl groups is 1. The molecule has 0 saturated carbocycles. The van der Waals surface area contributed by atoms with Crippen molar-refractivity contribution in [2.24, 2.45) is 5.10 Å². The van der Waals surface area contributed by atoms with E-state index in [0.29, 0.717) is 10.9 Å². The van der Waals surface area contributed by atoms with Crippen LogP contribution in [-0.4, -0.2) is 40.5 Å². The van der Waals surface area contributed by atoms with Crippen molar-refractivity contribution >= 4 is 23.0 Å². The Kier molecular flexibility index (Phi) is 7.84. The van der Waals surface area contributed by atoms with Gasteiger partial charge in [-0.15, -0.1) is 0 Å². The van der Waals surface area contributed by atoms with E-state index < -0.39 is 0 Å². The van der Waals surface area contributed by atoms with Crippen LogP contribution in [-0.2, 0) is 6.54 Å². The molecule has 0 amide bonds. The second-order valence-corrected chi connectivity index (χ2v) is 5.38. The van der Waals surface area contributed by atoms with E-state index in [-0.39, 0.29) is 0 Å². The average molecular weight is 322 g/mol. The zero-order valence-electron chi connectivity index (χ0n) is 13.8. The van der Waals surface area contributed by atoms with Gasteiger partial charge in [0.25, 0.3) is 0 Å². The number of benzene rings is 1. The molecule has 0 unspecified atom stereocenters. The number of phenolic OH excluding ortho intramolecular Hbond substituents is 1. The molecule has 1 aromatic carbocycles. The van der Waals surface area contributed by atoms with Gasteiger partial charge >= 0.3 is 0 Å². The van der Waals surface area contributed by atoms with E-state index in [1.165, 1.54) is 0 Å². The van der Waals surface area contributed by atoms with Crippen LogP contribution in [0.25, 0.3) is 0 Å². The summed E-state index contributed by atoms with van der Waals surface area (Å²) in [5, 5.41) is 17.8. The summed E-state index contributed by atoms with van der Waals surface area (Å²) in [6.45, 7) is 11.5. The highest BCUT2D eigenvalue weighted by atomic mass is 32.1. The normalized spacial score (nSPS) is 11.6. The first kappa shape index (κ1) is 18.4. The molecule has 0 saturated heterocycles. The molecule has 22 heavy (non-hydrogen) atoms. The van der Waals surface area contributed by atoms with Crippen LogP contribution in [0.3, 0.4) is 0 Å². The highest BCUT2D eigenvalue weighted by Gasteiger charge is 2.08. The van der Waals surface area contributed by atoms with Crippen molar-refractivity contribution in [3.63, 3.8) is 0 Å². The molecule has 0 atom stereocenters. The van der Waals surface area contributed by atoms with Crippen LogP contribution < -0.4 is 10.7 Å². The summed E-state index contributed by atoms with van der Waals surface area (Å²) < 4.78 is 0. The van der Waals surface area contributed by atoms with Crippen LogP contribution in [0, 0.1) is 0 Å². The van der Waals surface area contributed by atoms with Crippen LogP contribution in [0.1, 0.15) is 38.8 Å². The molecule has 6 heteroatoms. The Bertz CT molecular complexity index is 527. The predicted molar refractivity (Wildman–Crippen MR) is 96.4 cm³/mol. The fourth-order valence-electron chi connectivity index (χ4n) is 2.02. The van der Waals surface area contributed by atoms with Crippen LogP contribution in [0.4, 0.5) is 0 Å². The molecule has 0 heterocycles. The summed E-state index contributed by atoms with van der Waals surface area (Å²) in [7, 11) is 0. The molecule has 0 spiro atoms. The second kappa shape index (κ2) is 9.38. The van der Waals surface area contributed by atoms with E-state index >= 15 is 0 Å². The average Bonchev–Trinajstić information content (AvgIpc) is 2.52. The summed E-state index contributed by atoms with van der Waals surface area (Å²) >= 11 is 5.08. The lowest BCUT2D eigenvalue weighted by atomic mass is 10.1. The summed E-state index contributed by atoms with van der Waals surface area (Å²) in [5.74, 6) is 0.319. The number of thiocarbonyl (C=S) groups is 1. The summed E-state index contributed by atoms with van der Waals surface area (Å²) in [5.41, 5.74) is 5.51. The molecule has 0 aliphatic heterocycles. The summed E-state index contributed by atoms with van der Waals surface area (Å²) in [6, 6.07) is 5.55. The van der Waals surface area contributed by atoms with Crippen molar-refractivity contribution in [2.45, 2.75) is 34.2 Å². The Morgan fingerprint density at radius 2 is 1.95 bits per heavy atom. The maximum absolute atomic E-state index is 10.0. The molecule has 1 aromatic rings. The van der Waals surface area contributed by atoms with Crippen molar-refractivity contribution in [1.82, 2.24) is 15.6 Å². The summed E-state index contributed by atoms with van der Waals surface area (Å²) in [6.07, 6.45) is 0. The van der Waals surface area contributed by atoms with Crippen molar-refractivity contribution < 1.29 is 5.11 Å². The van der Waals surface area contributed by atoms with Gasteiger partial charge in [-0.2, -0.15) is 5.10 Å². The van der Waals surface area contributed by atoms with Crippen LogP contribution in [0.15, 0.2) is 23.3 Å². The molecule has 3 N–H and O–H groups in total. The molecule has 0 radical (unpaired) electrons. The van der Waals surface area contributed by atoms with E-state index in [4.69, 9.17) is 12.2 Å². The Morgan fingerprint density at radius 1 is 1.27 bits per heavy atom. The van der Waals surface area contributed by atoms with Gasteiger partial charge in [0, 0.05) is 18.7 Å². The molecular formula is C16H26N4OS. The molecule has 0 aliphatic carbocycles. The highest BCUT2D eigenvalue weighted by molar-refractivity contribution is 7.80. The Balaban J connectivity index is 2.87. The molecule has 5 nitrogen and oxygen atoms in total. The maximum atomic E-state index is 10.0. The summed E-state index contributed by atoms with van der Waals surface area (Å²) in [4.78, 5) is 2.25. The molecule has 0 fully saturated rings. The number of hydrogen-bond acceptors (Lipinski definition) is 4. The number of hydrogen-bond donors (Lipinski definition) is 3. The van der Waals surface area contributed by atoms with Gasteiger partial charge in [0.05, 0.1) is 5.71 Å². The third-order valence-electron chi connectivity index (χ3n) is 3.45. The van der Waals surface area contributed by atoms with Gasteiger partial charge in [-0.3, -0.25) is 10.3 Å². The van der Waals surface area contributed by atoms with E-state index in [1.54, 1.807) is 6.07 Å². The molecule has 1 rings (SSSR count). The minimum atomic E-state index is 0.319. The Labute approximate surface area is 138 Å². The number of phenols is 1. The van der Waals surface area contributed by atoms with Gasteiger partial charge in [0.15, 0.2) is 5.11 Å². The fourth-order valence-corrected chi connectivity index (χ4v) is 2.21. The third-order valence-corrected chi connectivity index (χ3v) is 3.68.